The number of nitrogens with one attached hydrogen (secondary N) is 1. The van der Waals surface area contributed by atoms with E-state index in [0.29, 0.717) is 5.56 Å². The minimum atomic E-state index is -1.34. The van der Waals surface area contributed by atoms with Gasteiger partial charge >= 0.3 is 5.97 Å². The third-order valence-corrected chi connectivity index (χ3v) is 5.70. The molecule has 11 nitrogen and oxygen atoms in total. The zero-order valence-corrected chi connectivity index (χ0v) is 19.6. The van der Waals surface area contributed by atoms with Gasteiger partial charge in [-0.15, -0.1) is 0 Å². The van der Waals surface area contributed by atoms with Gasteiger partial charge in [-0.05, 0) is 29.8 Å². The lowest BCUT2D eigenvalue weighted by Crippen LogP contribution is -2.47. The first-order valence-electron chi connectivity index (χ1n) is 11.1. The second-order valence-corrected chi connectivity index (χ2v) is 8.03. The van der Waals surface area contributed by atoms with E-state index >= 15 is 0 Å². The van der Waals surface area contributed by atoms with Crippen LogP contribution in [0.3, 0.4) is 0 Å². The molecule has 4 rings (SSSR count). The van der Waals surface area contributed by atoms with E-state index in [1.807, 2.05) is 0 Å². The van der Waals surface area contributed by atoms with Crippen molar-refractivity contribution in [2.24, 2.45) is 0 Å². The van der Waals surface area contributed by atoms with Crippen molar-refractivity contribution >= 4 is 35.1 Å². The van der Waals surface area contributed by atoms with Crippen LogP contribution < -0.4 is 10.1 Å². The average molecular weight is 503 g/mol. The Balaban J connectivity index is 1.51. The zero-order chi connectivity index (χ0) is 26.5. The first-order chi connectivity index (χ1) is 17.8. The number of methoxy groups -OCH3 is 1. The molecule has 188 valence electrons. The summed E-state index contributed by atoms with van der Waals surface area (Å²) >= 11 is 0. The Hall–Kier alpha value is -5.06. The number of carbonyl (C=O) groups excluding carboxylic acids is 4. The highest BCUT2D eigenvalue weighted by Gasteiger charge is 2.43. The van der Waals surface area contributed by atoms with Crippen molar-refractivity contribution in [2.75, 3.05) is 19.0 Å². The number of ether oxygens (including phenoxy) is 2. The van der Waals surface area contributed by atoms with E-state index in [9.17, 15) is 29.3 Å². The molecule has 0 unspecified atom stereocenters. The first-order valence-corrected chi connectivity index (χ1v) is 11.1. The van der Waals surface area contributed by atoms with Crippen molar-refractivity contribution in [3.63, 3.8) is 0 Å². The molecule has 1 aliphatic rings. The van der Waals surface area contributed by atoms with Crippen LogP contribution in [0.25, 0.3) is 0 Å². The summed E-state index contributed by atoms with van der Waals surface area (Å²) < 4.78 is 10.1. The predicted molar refractivity (Wildman–Crippen MR) is 130 cm³/mol. The van der Waals surface area contributed by atoms with Gasteiger partial charge in [0, 0.05) is 6.42 Å². The molecule has 0 saturated heterocycles. The molecule has 0 spiro atoms. The van der Waals surface area contributed by atoms with Crippen LogP contribution in [0.5, 0.6) is 5.75 Å². The number of nitrogens with zero attached hydrogens (tertiary/aromatic N) is 2. The molecule has 37 heavy (non-hydrogen) atoms. The Bertz CT molecular complexity index is 1350. The fraction of sp³-hybridized carbons (Fsp3) is 0.154. The number of nitro benzene ring substituents is 1. The van der Waals surface area contributed by atoms with Crippen molar-refractivity contribution in [2.45, 2.75) is 12.5 Å². The third kappa shape index (κ3) is 5.30. The molecule has 0 aliphatic carbocycles. The van der Waals surface area contributed by atoms with Gasteiger partial charge in [0.1, 0.15) is 17.5 Å². The van der Waals surface area contributed by atoms with Crippen molar-refractivity contribution in [3.05, 3.63) is 99.6 Å². The lowest BCUT2D eigenvalue weighted by Gasteiger charge is -2.24. The maximum atomic E-state index is 13.1. The van der Waals surface area contributed by atoms with Gasteiger partial charge in [0.05, 0.1) is 29.2 Å². The van der Waals surface area contributed by atoms with E-state index in [2.05, 4.69) is 5.32 Å². The minimum Gasteiger partial charge on any atom is -0.496 e. The number of carbonyl (C=O) groups is 4. The average Bonchev–Trinajstić information content (AvgIpc) is 3.16. The normalized spacial score (nSPS) is 13.1. The highest BCUT2D eigenvalue weighted by molar-refractivity contribution is 6.22. The van der Waals surface area contributed by atoms with Crippen LogP contribution in [0.15, 0.2) is 72.8 Å². The molecule has 11 heteroatoms. The van der Waals surface area contributed by atoms with E-state index in [0.717, 1.165) is 11.0 Å². The Morgan fingerprint density at radius 3 is 2.19 bits per heavy atom. The Labute approximate surface area is 210 Å². The number of rotatable bonds is 9. The van der Waals surface area contributed by atoms with Gasteiger partial charge in [0.15, 0.2) is 6.61 Å². The highest BCUT2D eigenvalue weighted by atomic mass is 16.6. The molecular formula is C26H21N3O8. The van der Waals surface area contributed by atoms with Gasteiger partial charge in [-0.2, -0.15) is 0 Å². The summed E-state index contributed by atoms with van der Waals surface area (Å²) in [5, 5.41) is 13.7. The number of nitro groups is 1. The van der Waals surface area contributed by atoms with E-state index in [1.54, 1.807) is 42.5 Å². The molecule has 1 atom stereocenters. The number of esters is 1. The van der Waals surface area contributed by atoms with Crippen molar-refractivity contribution in [1.82, 2.24) is 4.90 Å². The topological polar surface area (TPSA) is 145 Å². The van der Waals surface area contributed by atoms with Gasteiger partial charge in [-0.25, -0.2) is 4.79 Å². The Morgan fingerprint density at radius 2 is 1.59 bits per heavy atom. The van der Waals surface area contributed by atoms with E-state index in [1.165, 1.54) is 31.4 Å². The van der Waals surface area contributed by atoms with Crippen LogP contribution in [0.4, 0.5) is 11.4 Å². The standard InChI is InChI=1S/C26H21N3O8/c1-36-17-11-12-20(21(14-17)29(34)35)27-23(30)15-37-26(33)22(13-16-7-3-2-4-8-16)28-24(31)18-9-5-6-10-19(18)25(28)32/h2-12,14,22H,13,15H2,1H3,(H,27,30)/t22-/m1/s1. The highest BCUT2D eigenvalue weighted by Crippen LogP contribution is 2.29. The zero-order valence-electron chi connectivity index (χ0n) is 19.6. The quantitative estimate of drug-likeness (QED) is 0.203. The predicted octanol–water partition coefficient (Wildman–Crippen LogP) is 2.99. The van der Waals surface area contributed by atoms with E-state index < -0.39 is 47.0 Å². The van der Waals surface area contributed by atoms with Gasteiger partial charge in [-0.3, -0.25) is 29.4 Å². The van der Waals surface area contributed by atoms with Gasteiger partial charge in [-0.1, -0.05) is 42.5 Å². The van der Waals surface area contributed by atoms with Crippen molar-refractivity contribution in [3.8, 4) is 5.75 Å². The number of benzene rings is 3. The van der Waals surface area contributed by atoms with Crippen LogP contribution >= 0.6 is 0 Å². The fourth-order valence-electron chi connectivity index (χ4n) is 3.92. The minimum absolute atomic E-state index is 0.0310. The molecule has 0 bridgehead atoms. The van der Waals surface area contributed by atoms with Crippen LogP contribution in [0, 0.1) is 10.1 Å². The summed E-state index contributed by atoms with van der Waals surface area (Å²) in [6, 6.07) is 17.5. The molecule has 0 saturated carbocycles. The van der Waals surface area contributed by atoms with Crippen LogP contribution in [0.1, 0.15) is 26.3 Å². The summed E-state index contributed by atoms with van der Waals surface area (Å²) in [5.41, 5.74) is 0.477. The molecule has 0 radical (unpaired) electrons. The molecule has 1 heterocycles. The van der Waals surface area contributed by atoms with Crippen LogP contribution in [-0.4, -0.2) is 53.3 Å². The van der Waals surface area contributed by atoms with Gasteiger partial charge in [0.25, 0.3) is 23.4 Å². The molecule has 3 aromatic carbocycles. The van der Waals surface area contributed by atoms with E-state index in [4.69, 9.17) is 9.47 Å². The molecule has 1 aliphatic heterocycles. The molecule has 0 fully saturated rings. The summed E-state index contributed by atoms with van der Waals surface area (Å²) in [5.74, 6) is -2.88. The monoisotopic (exact) mass is 503 g/mol. The van der Waals surface area contributed by atoms with Crippen molar-refractivity contribution < 1.29 is 33.6 Å². The Morgan fingerprint density at radius 1 is 0.973 bits per heavy atom. The summed E-state index contributed by atoms with van der Waals surface area (Å²) in [7, 11) is 1.34. The van der Waals surface area contributed by atoms with Crippen LogP contribution in [0.2, 0.25) is 0 Å². The van der Waals surface area contributed by atoms with Gasteiger partial charge in [0.2, 0.25) is 0 Å². The first kappa shape index (κ1) is 25.0. The SMILES string of the molecule is COc1ccc(NC(=O)COC(=O)[C@@H](Cc2ccccc2)N2C(=O)c3ccccc3C2=O)c([N+](=O)[O-])c1. The smallest absolute Gasteiger partial charge is 0.330 e. The van der Waals surface area contributed by atoms with Crippen molar-refractivity contribution in [1.29, 1.82) is 0 Å². The number of hydrogen-bond donors (Lipinski definition) is 1. The number of imide groups is 1. The Kier molecular flexibility index (Phi) is 7.23. The molecular weight excluding hydrogens is 482 g/mol. The van der Waals surface area contributed by atoms with Crippen LogP contribution in [-0.2, 0) is 20.7 Å². The molecule has 0 aromatic heterocycles. The summed E-state index contributed by atoms with van der Waals surface area (Å²) in [4.78, 5) is 63.1. The van der Waals surface area contributed by atoms with E-state index in [-0.39, 0.29) is 29.0 Å². The molecule has 3 aromatic rings. The number of anilines is 1. The number of fused-ring (bicyclic) bond motifs is 1. The molecule has 1 N–H and O–H groups in total. The second-order valence-electron chi connectivity index (χ2n) is 8.03. The lowest BCUT2D eigenvalue weighted by molar-refractivity contribution is -0.384. The second kappa shape index (κ2) is 10.7. The number of hydrogen-bond acceptors (Lipinski definition) is 8. The number of amides is 3. The maximum Gasteiger partial charge on any atom is 0.330 e. The lowest BCUT2D eigenvalue weighted by atomic mass is 10.0. The third-order valence-electron chi connectivity index (χ3n) is 5.70. The van der Waals surface area contributed by atoms with Gasteiger partial charge < -0.3 is 14.8 Å². The summed E-state index contributed by atoms with van der Waals surface area (Å²) in [6.07, 6.45) is -0.0310. The molecule has 3 amide bonds. The summed E-state index contributed by atoms with van der Waals surface area (Å²) in [6.45, 7) is -0.795. The fourth-order valence-corrected chi connectivity index (χ4v) is 3.92. The maximum absolute atomic E-state index is 13.1. The largest absolute Gasteiger partial charge is 0.496 e.